The van der Waals surface area contributed by atoms with Crippen molar-refractivity contribution in [1.82, 2.24) is 0 Å². The smallest absolute Gasteiger partial charge is 0.124 e. The van der Waals surface area contributed by atoms with Crippen LogP contribution in [0.4, 0.5) is 0 Å². The lowest BCUT2D eigenvalue weighted by atomic mass is 9.91. The Morgan fingerprint density at radius 2 is 1.62 bits per heavy atom. The largest absolute Gasteiger partial charge is 0.496 e. The van der Waals surface area contributed by atoms with Gasteiger partial charge in [0.2, 0.25) is 0 Å². The van der Waals surface area contributed by atoms with E-state index in [-0.39, 0.29) is 0 Å². The Morgan fingerprint density at radius 3 is 2.25 bits per heavy atom. The Balaban J connectivity index is 1.95. The van der Waals surface area contributed by atoms with Crippen LogP contribution in [-0.4, -0.2) is 26.5 Å². The van der Waals surface area contributed by atoms with E-state index in [9.17, 15) is 0 Å². The van der Waals surface area contributed by atoms with Crippen LogP contribution >= 0.6 is 0 Å². The Morgan fingerprint density at radius 1 is 0.917 bits per heavy atom. The molecule has 24 heavy (non-hydrogen) atoms. The van der Waals surface area contributed by atoms with Gasteiger partial charge in [-0.1, -0.05) is 12.1 Å². The van der Waals surface area contributed by atoms with Gasteiger partial charge in [0.1, 0.15) is 11.5 Å². The van der Waals surface area contributed by atoms with Crippen molar-refractivity contribution in [3.05, 3.63) is 57.6 Å². The Kier molecular flexibility index (Phi) is 4.61. The molecule has 2 aromatic carbocycles. The topological polar surface area (TPSA) is 30.8 Å². The van der Waals surface area contributed by atoms with Crippen LogP contribution in [0.5, 0.6) is 11.5 Å². The molecule has 1 heterocycles. The van der Waals surface area contributed by atoms with E-state index in [1.165, 1.54) is 33.5 Å². The predicted molar refractivity (Wildman–Crippen MR) is 99.0 cm³/mol. The zero-order valence-corrected chi connectivity index (χ0v) is 15.2. The van der Waals surface area contributed by atoms with E-state index in [1.807, 2.05) is 0 Å². The maximum atomic E-state index is 5.47. The van der Waals surface area contributed by atoms with Crippen molar-refractivity contribution in [1.29, 1.82) is 0 Å². The van der Waals surface area contributed by atoms with E-state index >= 15 is 0 Å². The SMILES string of the molecule is COc1cc2c(cc1C)C(Cc1cc(C)c(OC)c(C)c1)=NCC2. The lowest BCUT2D eigenvalue weighted by Gasteiger charge is -2.20. The summed E-state index contributed by atoms with van der Waals surface area (Å²) in [6.07, 6.45) is 1.83. The first-order valence-corrected chi connectivity index (χ1v) is 8.38. The second kappa shape index (κ2) is 6.68. The molecule has 0 N–H and O–H groups in total. The van der Waals surface area contributed by atoms with Crippen molar-refractivity contribution in [3.63, 3.8) is 0 Å². The summed E-state index contributed by atoms with van der Waals surface area (Å²) < 4.78 is 10.9. The van der Waals surface area contributed by atoms with Crippen molar-refractivity contribution in [3.8, 4) is 11.5 Å². The first-order chi connectivity index (χ1) is 11.5. The molecule has 3 rings (SSSR count). The summed E-state index contributed by atoms with van der Waals surface area (Å²) in [5, 5.41) is 0. The van der Waals surface area contributed by atoms with Crippen LogP contribution in [0.25, 0.3) is 0 Å². The lowest BCUT2D eigenvalue weighted by Crippen LogP contribution is -2.16. The first-order valence-electron chi connectivity index (χ1n) is 8.38. The highest BCUT2D eigenvalue weighted by atomic mass is 16.5. The van der Waals surface area contributed by atoms with Crippen LogP contribution in [-0.2, 0) is 12.8 Å². The summed E-state index contributed by atoms with van der Waals surface area (Å²) in [5.41, 5.74) is 8.57. The average molecular weight is 323 g/mol. The number of aliphatic imine (C=N–C) groups is 1. The van der Waals surface area contributed by atoms with E-state index < -0.39 is 0 Å². The van der Waals surface area contributed by atoms with Gasteiger partial charge in [-0.15, -0.1) is 0 Å². The summed E-state index contributed by atoms with van der Waals surface area (Å²) in [6.45, 7) is 7.14. The maximum absolute atomic E-state index is 5.47. The summed E-state index contributed by atoms with van der Waals surface area (Å²) >= 11 is 0. The monoisotopic (exact) mass is 323 g/mol. The fraction of sp³-hybridized carbons (Fsp3) is 0.381. The van der Waals surface area contributed by atoms with Gasteiger partial charge in [0.25, 0.3) is 0 Å². The second-order valence-corrected chi connectivity index (χ2v) is 6.50. The summed E-state index contributed by atoms with van der Waals surface area (Å²) in [5.74, 6) is 1.94. The molecule has 3 nitrogen and oxygen atoms in total. The van der Waals surface area contributed by atoms with E-state index in [0.717, 1.165) is 36.4 Å². The van der Waals surface area contributed by atoms with Crippen molar-refractivity contribution in [2.45, 2.75) is 33.6 Å². The molecule has 0 unspecified atom stereocenters. The Hall–Kier alpha value is -2.29. The summed E-state index contributed by atoms with van der Waals surface area (Å²) in [4.78, 5) is 4.81. The van der Waals surface area contributed by atoms with Crippen molar-refractivity contribution < 1.29 is 9.47 Å². The molecule has 0 fully saturated rings. The van der Waals surface area contributed by atoms with Gasteiger partial charge in [-0.25, -0.2) is 0 Å². The third-order valence-electron chi connectivity index (χ3n) is 4.71. The van der Waals surface area contributed by atoms with Crippen LogP contribution in [0.1, 0.15) is 33.4 Å². The van der Waals surface area contributed by atoms with Gasteiger partial charge in [0, 0.05) is 18.7 Å². The summed E-state index contributed by atoms with van der Waals surface area (Å²) in [6, 6.07) is 8.80. The zero-order chi connectivity index (χ0) is 17.3. The molecule has 126 valence electrons. The minimum atomic E-state index is 0.850. The second-order valence-electron chi connectivity index (χ2n) is 6.50. The Bertz CT molecular complexity index is 783. The lowest BCUT2D eigenvalue weighted by molar-refractivity contribution is 0.408. The number of aryl methyl sites for hydroxylation is 3. The number of ether oxygens (including phenoxy) is 2. The molecule has 2 aromatic rings. The van der Waals surface area contributed by atoms with Crippen LogP contribution in [0, 0.1) is 20.8 Å². The highest BCUT2D eigenvalue weighted by Crippen LogP contribution is 2.29. The number of hydrogen-bond acceptors (Lipinski definition) is 3. The van der Waals surface area contributed by atoms with E-state index in [4.69, 9.17) is 14.5 Å². The number of hydrogen-bond donors (Lipinski definition) is 0. The molecule has 0 aliphatic carbocycles. The number of methoxy groups -OCH3 is 2. The van der Waals surface area contributed by atoms with Crippen LogP contribution in [0.3, 0.4) is 0 Å². The molecule has 1 aliphatic rings. The van der Waals surface area contributed by atoms with Crippen molar-refractivity contribution >= 4 is 5.71 Å². The number of benzene rings is 2. The van der Waals surface area contributed by atoms with E-state index in [0.29, 0.717) is 0 Å². The number of fused-ring (bicyclic) bond motifs is 1. The third kappa shape index (κ3) is 3.03. The minimum absolute atomic E-state index is 0.850. The molecule has 1 aliphatic heterocycles. The van der Waals surface area contributed by atoms with Gasteiger partial charge < -0.3 is 9.47 Å². The molecule has 0 spiro atoms. The number of nitrogens with zero attached hydrogens (tertiary/aromatic N) is 1. The molecule has 0 atom stereocenters. The third-order valence-corrected chi connectivity index (χ3v) is 4.71. The maximum Gasteiger partial charge on any atom is 0.124 e. The molecule has 0 amide bonds. The van der Waals surface area contributed by atoms with Gasteiger partial charge in [-0.05, 0) is 72.7 Å². The minimum Gasteiger partial charge on any atom is -0.496 e. The molecular weight excluding hydrogens is 298 g/mol. The predicted octanol–water partition coefficient (Wildman–Crippen LogP) is 4.22. The van der Waals surface area contributed by atoms with Gasteiger partial charge in [-0.3, -0.25) is 4.99 Å². The van der Waals surface area contributed by atoms with Crippen molar-refractivity contribution in [2.75, 3.05) is 20.8 Å². The first kappa shape index (κ1) is 16.6. The molecule has 0 saturated carbocycles. The van der Waals surface area contributed by atoms with Crippen LogP contribution in [0.2, 0.25) is 0 Å². The molecule has 0 radical (unpaired) electrons. The standard InChI is InChI=1S/C21H25NO2/c1-13-10-18-17(12-20(13)23-4)6-7-22-19(18)11-16-8-14(2)21(24-5)15(3)9-16/h8-10,12H,6-7,11H2,1-5H3. The van der Waals surface area contributed by atoms with Gasteiger partial charge in [0.05, 0.1) is 14.2 Å². The van der Waals surface area contributed by atoms with Crippen LogP contribution in [0.15, 0.2) is 29.3 Å². The van der Waals surface area contributed by atoms with Gasteiger partial charge >= 0.3 is 0 Å². The fourth-order valence-electron chi connectivity index (χ4n) is 3.63. The van der Waals surface area contributed by atoms with Gasteiger partial charge in [0.15, 0.2) is 0 Å². The van der Waals surface area contributed by atoms with Gasteiger partial charge in [-0.2, -0.15) is 0 Å². The summed E-state index contributed by atoms with van der Waals surface area (Å²) in [7, 11) is 3.46. The van der Waals surface area contributed by atoms with Crippen LogP contribution < -0.4 is 9.47 Å². The average Bonchev–Trinajstić information content (AvgIpc) is 2.54. The quantitative estimate of drug-likeness (QED) is 0.843. The molecule has 0 bridgehead atoms. The molecule has 0 saturated heterocycles. The molecular formula is C21H25NO2. The van der Waals surface area contributed by atoms with Crippen molar-refractivity contribution in [2.24, 2.45) is 4.99 Å². The Labute approximate surface area is 144 Å². The van der Waals surface area contributed by atoms with E-state index in [1.54, 1.807) is 14.2 Å². The normalized spacial score (nSPS) is 13.3. The zero-order valence-electron chi connectivity index (χ0n) is 15.2. The fourth-order valence-corrected chi connectivity index (χ4v) is 3.63. The highest BCUT2D eigenvalue weighted by Gasteiger charge is 2.17. The molecule has 3 heteroatoms. The van der Waals surface area contributed by atoms with E-state index in [2.05, 4.69) is 45.0 Å². The molecule has 0 aromatic heterocycles. The highest BCUT2D eigenvalue weighted by molar-refractivity contribution is 6.04. The number of rotatable bonds is 4.